The van der Waals surface area contributed by atoms with Crippen molar-refractivity contribution in [2.45, 2.75) is 12.5 Å². The van der Waals surface area contributed by atoms with Gasteiger partial charge in [0.25, 0.3) is 0 Å². The Morgan fingerprint density at radius 3 is 2.89 bits per heavy atom. The predicted octanol–water partition coefficient (Wildman–Crippen LogP) is 1.50. The van der Waals surface area contributed by atoms with Gasteiger partial charge < -0.3 is 14.6 Å². The van der Waals surface area contributed by atoms with E-state index in [1.807, 2.05) is 18.2 Å². The van der Waals surface area contributed by atoms with Crippen molar-refractivity contribution in [3.63, 3.8) is 0 Å². The Bertz CT molecular complexity index is 584. The van der Waals surface area contributed by atoms with E-state index in [0.717, 1.165) is 23.3 Å². The minimum absolute atomic E-state index is 0.422. The normalized spacial score (nSPS) is 14.6. The van der Waals surface area contributed by atoms with Gasteiger partial charge in [0.1, 0.15) is 11.9 Å². The Labute approximate surface area is 110 Å². The molecular formula is C14H14N2O3. The van der Waals surface area contributed by atoms with Gasteiger partial charge in [-0.25, -0.2) is 0 Å². The summed E-state index contributed by atoms with van der Waals surface area (Å²) in [6.45, 7) is 0.660. The number of fused-ring (bicyclic) bond motifs is 1. The molecule has 0 aliphatic carbocycles. The van der Waals surface area contributed by atoms with Crippen LogP contribution in [-0.4, -0.2) is 29.0 Å². The van der Waals surface area contributed by atoms with Crippen molar-refractivity contribution >= 4 is 0 Å². The summed E-state index contributed by atoms with van der Waals surface area (Å²) in [5.41, 5.74) is 2.33. The van der Waals surface area contributed by atoms with Gasteiger partial charge in [-0.3, -0.25) is 0 Å². The van der Waals surface area contributed by atoms with Crippen LogP contribution in [0.15, 0.2) is 30.3 Å². The summed E-state index contributed by atoms with van der Waals surface area (Å²) in [6, 6.07) is 9.16. The molecule has 5 nitrogen and oxygen atoms in total. The third-order valence-electron chi connectivity index (χ3n) is 3.19. The standard InChI is InChI=1S/C14H14N2O3/c1-18-12-6-5-11(15-16-12)13(17)10-4-2-3-9-7-8-19-14(9)10/h2-6,13,17H,7-8H2,1H3. The number of benzene rings is 1. The molecule has 19 heavy (non-hydrogen) atoms. The molecule has 1 aromatic carbocycles. The van der Waals surface area contributed by atoms with E-state index in [0.29, 0.717) is 18.2 Å². The molecule has 0 spiro atoms. The minimum Gasteiger partial charge on any atom is -0.493 e. The third-order valence-corrected chi connectivity index (χ3v) is 3.19. The molecule has 0 fully saturated rings. The van der Waals surface area contributed by atoms with Crippen molar-refractivity contribution < 1.29 is 14.6 Å². The monoisotopic (exact) mass is 258 g/mol. The minimum atomic E-state index is -0.841. The maximum atomic E-state index is 10.4. The number of aliphatic hydroxyl groups is 1. The van der Waals surface area contributed by atoms with Crippen molar-refractivity contribution in [3.8, 4) is 11.6 Å². The average Bonchev–Trinajstić information content (AvgIpc) is 2.95. The van der Waals surface area contributed by atoms with Crippen LogP contribution in [0.4, 0.5) is 0 Å². The smallest absolute Gasteiger partial charge is 0.233 e. The van der Waals surface area contributed by atoms with Crippen LogP contribution in [0.1, 0.15) is 22.9 Å². The first kappa shape index (κ1) is 11.9. The lowest BCUT2D eigenvalue weighted by molar-refractivity contribution is 0.207. The topological polar surface area (TPSA) is 64.5 Å². The lowest BCUT2D eigenvalue weighted by Gasteiger charge is -2.13. The van der Waals surface area contributed by atoms with Gasteiger partial charge >= 0.3 is 0 Å². The Hall–Kier alpha value is -2.14. The van der Waals surface area contributed by atoms with Gasteiger partial charge in [0.05, 0.1) is 19.4 Å². The number of rotatable bonds is 3. The van der Waals surface area contributed by atoms with E-state index in [9.17, 15) is 5.11 Å². The zero-order valence-electron chi connectivity index (χ0n) is 10.5. The van der Waals surface area contributed by atoms with E-state index in [2.05, 4.69) is 10.2 Å². The summed E-state index contributed by atoms with van der Waals surface area (Å²) in [6.07, 6.45) is 0.0379. The molecule has 0 bridgehead atoms. The van der Waals surface area contributed by atoms with Gasteiger partial charge in [-0.05, 0) is 11.6 Å². The van der Waals surface area contributed by atoms with Crippen molar-refractivity contribution in [1.82, 2.24) is 10.2 Å². The molecule has 1 atom stereocenters. The van der Waals surface area contributed by atoms with Crippen LogP contribution in [0.5, 0.6) is 11.6 Å². The van der Waals surface area contributed by atoms with Crippen LogP contribution in [0.25, 0.3) is 0 Å². The summed E-state index contributed by atoms with van der Waals surface area (Å²) in [5, 5.41) is 18.2. The fraction of sp³-hybridized carbons (Fsp3) is 0.286. The van der Waals surface area contributed by atoms with Gasteiger partial charge in [0.15, 0.2) is 0 Å². The second-order valence-electron chi connectivity index (χ2n) is 4.34. The van der Waals surface area contributed by atoms with Crippen molar-refractivity contribution in [2.24, 2.45) is 0 Å². The molecule has 1 aliphatic heterocycles. The number of para-hydroxylation sites is 1. The first-order valence-electron chi connectivity index (χ1n) is 6.10. The van der Waals surface area contributed by atoms with Crippen molar-refractivity contribution in [1.29, 1.82) is 0 Å². The lowest BCUT2D eigenvalue weighted by Crippen LogP contribution is -2.05. The highest BCUT2D eigenvalue weighted by atomic mass is 16.5. The molecule has 0 amide bonds. The Morgan fingerprint density at radius 2 is 2.16 bits per heavy atom. The van der Waals surface area contributed by atoms with E-state index in [-0.39, 0.29) is 0 Å². The third kappa shape index (κ3) is 2.13. The van der Waals surface area contributed by atoms with Gasteiger partial charge in [0.2, 0.25) is 5.88 Å². The van der Waals surface area contributed by atoms with Crippen LogP contribution >= 0.6 is 0 Å². The van der Waals surface area contributed by atoms with E-state index in [1.54, 1.807) is 12.1 Å². The molecule has 2 aromatic rings. The molecule has 1 aliphatic rings. The number of hydrogen-bond acceptors (Lipinski definition) is 5. The predicted molar refractivity (Wildman–Crippen MR) is 68.3 cm³/mol. The van der Waals surface area contributed by atoms with Crippen LogP contribution in [0, 0.1) is 0 Å². The van der Waals surface area contributed by atoms with Gasteiger partial charge in [-0.1, -0.05) is 18.2 Å². The van der Waals surface area contributed by atoms with Gasteiger partial charge in [-0.2, -0.15) is 0 Å². The molecule has 1 N–H and O–H groups in total. The molecule has 2 heterocycles. The number of methoxy groups -OCH3 is 1. The molecule has 1 unspecified atom stereocenters. The fourth-order valence-electron chi connectivity index (χ4n) is 2.20. The summed E-state index contributed by atoms with van der Waals surface area (Å²) in [7, 11) is 1.53. The summed E-state index contributed by atoms with van der Waals surface area (Å²) in [4.78, 5) is 0. The first-order chi connectivity index (χ1) is 9.29. The molecule has 98 valence electrons. The molecule has 0 saturated heterocycles. The molecule has 0 saturated carbocycles. The van der Waals surface area contributed by atoms with Crippen molar-refractivity contribution in [2.75, 3.05) is 13.7 Å². The maximum Gasteiger partial charge on any atom is 0.233 e. The quantitative estimate of drug-likeness (QED) is 0.903. The molecule has 0 radical (unpaired) electrons. The molecule has 5 heteroatoms. The van der Waals surface area contributed by atoms with Crippen LogP contribution in [0.3, 0.4) is 0 Å². The van der Waals surface area contributed by atoms with Crippen LogP contribution in [-0.2, 0) is 6.42 Å². The Kier molecular flexibility index (Phi) is 3.05. The zero-order valence-corrected chi connectivity index (χ0v) is 10.5. The maximum absolute atomic E-state index is 10.4. The van der Waals surface area contributed by atoms with Crippen molar-refractivity contribution in [3.05, 3.63) is 47.2 Å². The Balaban J connectivity index is 1.95. The fourth-order valence-corrected chi connectivity index (χ4v) is 2.20. The van der Waals surface area contributed by atoms with Crippen LogP contribution < -0.4 is 9.47 Å². The largest absolute Gasteiger partial charge is 0.493 e. The summed E-state index contributed by atoms with van der Waals surface area (Å²) < 4.78 is 10.5. The molecule has 1 aromatic heterocycles. The highest BCUT2D eigenvalue weighted by molar-refractivity contribution is 5.47. The van der Waals surface area contributed by atoms with E-state index in [1.165, 1.54) is 7.11 Å². The molecular weight excluding hydrogens is 244 g/mol. The van der Waals surface area contributed by atoms with E-state index < -0.39 is 6.10 Å². The number of ether oxygens (including phenoxy) is 2. The average molecular weight is 258 g/mol. The highest BCUT2D eigenvalue weighted by Crippen LogP contribution is 2.35. The zero-order chi connectivity index (χ0) is 13.2. The Morgan fingerprint density at radius 1 is 1.26 bits per heavy atom. The SMILES string of the molecule is COc1ccc(C(O)c2cccc3c2OCC3)nn1. The number of aliphatic hydroxyl groups excluding tert-OH is 1. The first-order valence-corrected chi connectivity index (χ1v) is 6.10. The van der Waals surface area contributed by atoms with E-state index >= 15 is 0 Å². The van der Waals surface area contributed by atoms with E-state index in [4.69, 9.17) is 9.47 Å². The number of hydrogen-bond donors (Lipinski definition) is 1. The second kappa shape index (κ2) is 4.85. The molecule has 3 rings (SSSR count). The number of nitrogens with zero attached hydrogens (tertiary/aromatic N) is 2. The number of aromatic nitrogens is 2. The summed E-state index contributed by atoms with van der Waals surface area (Å²) >= 11 is 0. The lowest BCUT2D eigenvalue weighted by atomic mass is 10.0. The van der Waals surface area contributed by atoms with Gasteiger partial charge in [-0.15, -0.1) is 10.2 Å². The van der Waals surface area contributed by atoms with Crippen LogP contribution in [0.2, 0.25) is 0 Å². The van der Waals surface area contributed by atoms with Gasteiger partial charge in [0, 0.05) is 18.1 Å². The second-order valence-corrected chi connectivity index (χ2v) is 4.34. The summed E-state index contributed by atoms with van der Waals surface area (Å²) in [5.74, 6) is 1.19. The highest BCUT2D eigenvalue weighted by Gasteiger charge is 2.22.